The molecule has 1 rings (SSSR count). The lowest BCUT2D eigenvalue weighted by Gasteiger charge is -2.15. The van der Waals surface area contributed by atoms with Crippen LogP contribution in [0.4, 0.5) is 23.2 Å². The van der Waals surface area contributed by atoms with Crippen LogP contribution in [-0.2, 0) is 0 Å². The van der Waals surface area contributed by atoms with Gasteiger partial charge in [-0.15, -0.1) is 0 Å². The predicted octanol–water partition coefficient (Wildman–Crippen LogP) is 2.04. The minimum Gasteiger partial charge on any atom is -0.487 e. The highest BCUT2D eigenvalue weighted by Gasteiger charge is 2.38. The van der Waals surface area contributed by atoms with Crippen LogP contribution >= 0.6 is 0 Å². The standard InChI is InChI=1S/C9H7F4NO4/c10-6-3-5(14(16)17)1-2-7(6)18-4-8(15)9(11,12)13/h1-3,8,15H,4H2/t8-/m1/s1. The summed E-state index contributed by atoms with van der Waals surface area (Å²) in [5, 5.41) is 18.9. The van der Waals surface area contributed by atoms with E-state index < -0.39 is 41.1 Å². The molecule has 100 valence electrons. The van der Waals surface area contributed by atoms with Gasteiger partial charge in [-0.3, -0.25) is 10.1 Å². The number of alkyl halides is 3. The second-order valence-electron chi connectivity index (χ2n) is 3.24. The lowest BCUT2D eigenvalue weighted by Crippen LogP contribution is -2.34. The average Bonchev–Trinajstić information content (AvgIpc) is 2.25. The van der Waals surface area contributed by atoms with Gasteiger partial charge in [-0.05, 0) is 6.07 Å². The maximum absolute atomic E-state index is 13.2. The van der Waals surface area contributed by atoms with Gasteiger partial charge in [0.05, 0.1) is 11.0 Å². The number of non-ortho nitro benzene ring substituents is 1. The molecule has 0 aromatic heterocycles. The number of rotatable bonds is 4. The molecule has 0 aliphatic carbocycles. The van der Waals surface area contributed by atoms with Crippen LogP contribution in [0, 0.1) is 15.9 Å². The zero-order valence-electron chi connectivity index (χ0n) is 8.65. The number of aliphatic hydroxyl groups is 1. The zero-order valence-corrected chi connectivity index (χ0v) is 8.65. The molecule has 1 atom stereocenters. The van der Waals surface area contributed by atoms with Crippen LogP contribution in [0.2, 0.25) is 0 Å². The molecule has 0 spiro atoms. The fourth-order valence-corrected chi connectivity index (χ4v) is 0.984. The summed E-state index contributed by atoms with van der Waals surface area (Å²) in [6.45, 7) is -1.20. The Morgan fingerprint density at radius 3 is 2.50 bits per heavy atom. The van der Waals surface area contributed by atoms with Crippen molar-refractivity contribution in [2.45, 2.75) is 12.3 Å². The van der Waals surface area contributed by atoms with E-state index in [1.54, 1.807) is 0 Å². The highest BCUT2D eigenvalue weighted by Crippen LogP contribution is 2.25. The Kier molecular flexibility index (Phi) is 4.07. The van der Waals surface area contributed by atoms with Crippen molar-refractivity contribution in [3.8, 4) is 5.75 Å². The van der Waals surface area contributed by atoms with Crippen LogP contribution in [0.1, 0.15) is 0 Å². The van der Waals surface area contributed by atoms with E-state index in [0.29, 0.717) is 6.07 Å². The summed E-state index contributed by atoms with van der Waals surface area (Å²) in [6, 6.07) is 2.20. The first kappa shape index (κ1) is 14.2. The normalized spacial score (nSPS) is 13.2. The minimum absolute atomic E-state index is 0.509. The fraction of sp³-hybridized carbons (Fsp3) is 0.333. The molecule has 0 radical (unpaired) electrons. The van der Waals surface area contributed by atoms with Crippen LogP contribution < -0.4 is 4.74 Å². The largest absolute Gasteiger partial charge is 0.487 e. The Bertz CT molecular complexity index is 449. The maximum atomic E-state index is 13.2. The molecule has 0 bridgehead atoms. The monoisotopic (exact) mass is 269 g/mol. The first-order chi connectivity index (χ1) is 8.21. The van der Waals surface area contributed by atoms with Crippen molar-refractivity contribution in [3.63, 3.8) is 0 Å². The Morgan fingerprint density at radius 1 is 1.44 bits per heavy atom. The lowest BCUT2D eigenvalue weighted by molar-refractivity contribution is -0.385. The van der Waals surface area contributed by atoms with Crippen molar-refractivity contribution in [1.29, 1.82) is 0 Å². The second-order valence-corrected chi connectivity index (χ2v) is 3.24. The molecule has 1 N–H and O–H groups in total. The molecule has 0 heterocycles. The topological polar surface area (TPSA) is 72.6 Å². The number of halogens is 4. The molecule has 18 heavy (non-hydrogen) atoms. The van der Waals surface area contributed by atoms with Crippen LogP contribution in [0.15, 0.2) is 18.2 Å². The van der Waals surface area contributed by atoms with Gasteiger partial charge in [-0.2, -0.15) is 13.2 Å². The van der Waals surface area contributed by atoms with Gasteiger partial charge in [0.2, 0.25) is 0 Å². The van der Waals surface area contributed by atoms with Crippen LogP contribution in [-0.4, -0.2) is 28.9 Å². The molecule has 5 nitrogen and oxygen atoms in total. The molecule has 0 fully saturated rings. The van der Waals surface area contributed by atoms with E-state index in [4.69, 9.17) is 5.11 Å². The van der Waals surface area contributed by atoms with Gasteiger partial charge in [-0.1, -0.05) is 0 Å². The van der Waals surface area contributed by atoms with Crippen molar-refractivity contribution in [2.75, 3.05) is 6.61 Å². The lowest BCUT2D eigenvalue weighted by atomic mass is 10.3. The number of nitro groups is 1. The average molecular weight is 269 g/mol. The van der Waals surface area contributed by atoms with E-state index in [9.17, 15) is 27.7 Å². The summed E-state index contributed by atoms with van der Waals surface area (Å²) in [6.07, 6.45) is -7.64. The number of nitro benzene ring substituents is 1. The summed E-state index contributed by atoms with van der Waals surface area (Å²) >= 11 is 0. The zero-order chi connectivity index (χ0) is 13.9. The molecule has 9 heteroatoms. The Labute approximate surface area is 97.7 Å². The van der Waals surface area contributed by atoms with Crippen LogP contribution in [0.5, 0.6) is 5.75 Å². The molecule has 1 aromatic rings. The van der Waals surface area contributed by atoms with Gasteiger partial charge < -0.3 is 9.84 Å². The molecule has 0 aliphatic rings. The predicted molar refractivity (Wildman–Crippen MR) is 50.6 cm³/mol. The first-order valence-electron chi connectivity index (χ1n) is 4.53. The van der Waals surface area contributed by atoms with E-state index in [0.717, 1.165) is 12.1 Å². The Morgan fingerprint density at radius 2 is 2.06 bits per heavy atom. The van der Waals surface area contributed by atoms with Crippen molar-refractivity contribution < 1.29 is 32.3 Å². The van der Waals surface area contributed by atoms with Crippen molar-refractivity contribution in [1.82, 2.24) is 0 Å². The number of aliphatic hydroxyl groups excluding tert-OH is 1. The molecule has 0 saturated heterocycles. The molecule has 0 amide bonds. The highest BCUT2D eigenvalue weighted by atomic mass is 19.4. The molecule has 0 unspecified atom stereocenters. The summed E-state index contributed by atoms with van der Waals surface area (Å²) in [5.74, 6) is -1.79. The number of hydrogen-bond donors (Lipinski definition) is 1. The van der Waals surface area contributed by atoms with Crippen molar-refractivity contribution >= 4 is 5.69 Å². The fourth-order valence-electron chi connectivity index (χ4n) is 0.984. The van der Waals surface area contributed by atoms with Gasteiger partial charge in [0.15, 0.2) is 17.7 Å². The number of hydrogen-bond acceptors (Lipinski definition) is 4. The van der Waals surface area contributed by atoms with E-state index in [-0.39, 0.29) is 0 Å². The quantitative estimate of drug-likeness (QED) is 0.515. The van der Waals surface area contributed by atoms with Gasteiger partial charge >= 0.3 is 6.18 Å². The highest BCUT2D eigenvalue weighted by molar-refractivity contribution is 5.37. The van der Waals surface area contributed by atoms with Crippen molar-refractivity contribution in [2.24, 2.45) is 0 Å². The summed E-state index contributed by atoms with van der Waals surface area (Å²) in [7, 11) is 0. The molecular formula is C9H7F4NO4. The van der Waals surface area contributed by atoms with E-state index >= 15 is 0 Å². The molecule has 0 saturated carbocycles. The molecular weight excluding hydrogens is 262 g/mol. The number of nitrogens with zero attached hydrogens (tertiary/aromatic N) is 1. The molecule has 1 aromatic carbocycles. The van der Waals surface area contributed by atoms with Gasteiger partial charge in [0.25, 0.3) is 5.69 Å². The second kappa shape index (κ2) is 5.17. The Balaban J connectivity index is 2.72. The van der Waals surface area contributed by atoms with Crippen molar-refractivity contribution in [3.05, 3.63) is 34.1 Å². The number of ether oxygens (including phenoxy) is 1. The SMILES string of the molecule is O=[N+]([O-])c1ccc(OC[C@@H](O)C(F)(F)F)c(F)c1. The third-order valence-corrected chi connectivity index (χ3v) is 1.90. The first-order valence-corrected chi connectivity index (χ1v) is 4.53. The summed E-state index contributed by atoms with van der Waals surface area (Å²) in [5.41, 5.74) is -0.559. The minimum atomic E-state index is -4.88. The van der Waals surface area contributed by atoms with Gasteiger partial charge in [0.1, 0.15) is 6.61 Å². The smallest absolute Gasteiger partial charge is 0.417 e. The van der Waals surface area contributed by atoms with E-state index in [1.807, 2.05) is 0 Å². The maximum Gasteiger partial charge on any atom is 0.417 e. The molecule has 0 aliphatic heterocycles. The van der Waals surface area contributed by atoms with Crippen LogP contribution in [0.25, 0.3) is 0 Å². The van der Waals surface area contributed by atoms with E-state index in [2.05, 4.69) is 4.74 Å². The summed E-state index contributed by atoms with van der Waals surface area (Å²) in [4.78, 5) is 9.41. The third kappa shape index (κ3) is 3.55. The Hall–Kier alpha value is -1.90. The third-order valence-electron chi connectivity index (χ3n) is 1.90. The summed E-state index contributed by atoms with van der Waals surface area (Å²) < 4.78 is 53.3. The van der Waals surface area contributed by atoms with E-state index in [1.165, 1.54) is 0 Å². The number of benzene rings is 1. The van der Waals surface area contributed by atoms with Gasteiger partial charge in [0, 0.05) is 6.07 Å². The van der Waals surface area contributed by atoms with Gasteiger partial charge in [-0.25, -0.2) is 4.39 Å². The van der Waals surface area contributed by atoms with Crippen LogP contribution in [0.3, 0.4) is 0 Å².